The molecule has 1 heterocycles. The Morgan fingerprint density at radius 2 is 1.95 bits per heavy atom. The maximum Gasteiger partial charge on any atom is 0.0328 e. The Hall–Kier alpha value is -1.24. The molecule has 1 nitrogen and oxygen atoms in total. The van der Waals surface area contributed by atoms with Crippen molar-refractivity contribution in [3.63, 3.8) is 0 Å². The van der Waals surface area contributed by atoms with E-state index in [1.807, 2.05) is 0 Å². The minimum absolute atomic E-state index is 0.595. The molecule has 1 unspecified atom stereocenters. The summed E-state index contributed by atoms with van der Waals surface area (Å²) in [5.74, 6) is 0. The van der Waals surface area contributed by atoms with Gasteiger partial charge in [0.2, 0.25) is 0 Å². The quantitative estimate of drug-likeness (QED) is 0.514. The number of allylic oxidation sites excluding steroid dienone is 7. The first-order valence-corrected chi connectivity index (χ1v) is 8.18. The predicted octanol–water partition coefficient (Wildman–Crippen LogP) is 5.67. The van der Waals surface area contributed by atoms with Crippen molar-refractivity contribution in [2.45, 2.75) is 71.8 Å². The largest absolute Gasteiger partial charge is 0.383 e. The highest BCUT2D eigenvalue weighted by atomic mass is 14.9. The van der Waals surface area contributed by atoms with Crippen LogP contribution in [-0.4, -0.2) is 6.04 Å². The summed E-state index contributed by atoms with van der Waals surface area (Å²) >= 11 is 0. The molecule has 1 heteroatoms. The van der Waals surface area contributed by atoms with E-state index >= 15 is 0 Å². The fraction of sp³-hybridized carbons (Fsp3) is 0.579. The Labute approximate surface area is 125 Å². The number of unbranched alkanes of at least 4 members (excludes halogenated alkanes) is 1. The fourth-order valence-electron chi connectivity index (χ4n) is 2.63. The zero-order chi connectivity index (χ0) is 14.6. The molecule has 0 radical (unpaired) electrons. The van der Waals surface area contributed by atoms with Crippen LogP contribution in [0.25, 0.3) is 0 Å². The van der Waals surface area contributed by atoms with Crippen molar-refractivity contribution in [1.82, 2.24) is 5.32 Å². The van der Waals surface area contributed by atoms with Crippen LogP contribution in [0.3, 0.4) is 0 Å². The minimum atomic E-state index is 0.595. The van der Waals surface area contributed by atoms with E-state index in [0.717, 1.165) is 12.8 Å². The Balaban J connectivity index is 2.60. The number of rotatable bonds is 4. The van der Waals surface area contributed by atoms with Crippen molar-refractivity contribution >= 4 is 0 Å². The van der Waals surface area contributed by atoms with Crippen molar-refractivity contribution < 1.29 is 0 Å². The van der Waals surface area contributed by atoms with E-state index in [-0.39, 0.29) is 0 Å². The van der Waals surface area contributed by atoms with Crippen LogP contribution in [0.1, 0.15) is 65.7 Å². The molecule has 1 fully saturated rings. The fourth-order valence-corrected chi connectivity index (χ4v) is 2.63. The highest BCUT2D eigenvalue weighted by molar-refractivity contribution is 5.29. The minimum Gasteiger partial charge on any atom is -0.383 e. The maximum absolute atomic E-state index is 3.68. The molecule has 1 rings (SSSR count). The molecule has 1 aliphatic rings. The second-order valence-corrected chi connectivity index (χ2v) is 5.61. The van der Waals surface area contributed by atoms with Gasteiger partial charge in [0.15, 0.2) is 0 Å². The van der Waals surface area contributed by atoms with Crippen molar-refractivity contribution in [1.29, 1.82) is 0 Å². The van der Waals surface area contributed by atoms with Crippen molar-refractivity contribution in [3.8, 4) is 0 Å². The SMILES string of the molecule is C/C=C\C=C/CC/C=C1/CCCCCC(C)N/C1=C/C. The third kappa shape index (κ3) is 6.79. The smallest absolute Gasteiger partial charge is 0.0328 e. The molecule has 0 aliphatic carbocycles. The average molecular weight is 273 g/mol. The molecule has 112 valence electrons. The van der Waals surface area contributed by atoms with Gasteiger partial charge >= 0.3 is 0 Å². The van der Waals surface area contributed by atoms with Gasteiger partial charge in [-0.3, -0.25) is 0 Å². The molecule has 1 saturated heterocycles. The summed E-state index contributed by atoms with van der Waals surface area (Å²) < 4.78 is 0. The van der Waals surface area contributed by atoms with Crippen LogP contribution >= 0.6 is 0 Å². The Morgan fingerprint density at radius 3 is 2.70 bits per heavy atom. The molecule has 1 aliphatic heterocycles. The van der Waals surface area contributed by atoms with Gasteiger partial charge in [0.25, 0.3) is 0 Å². The van der Waals surface area contributed by atoms with Crippen molar-refractivity contribution in [3.05, 3.63) is 47.7 Å². The lowest BCUT2D eigenvalue weighted by molar-refractivity contribution is 0.540. The molecule has 20 heavy (non-hydrogen) atoms. The van der Waals surface area contributed by atoms with E-state index in [1.165, 1.54) is 43.4 Å². The third-order valence-corrected chi connectivity index (χ3v) is 3.78. The van der Waals surface area contributed by atoms with Gasteiger partial charge in [-0.1, -0.05) is 49.3 Å². The summed E-state index contributed by atoms with van der Waals surface area (Å²) in [5.41, 5.74) is 2.87. The molecule has 0 amide bonds. The monoisotopic (exact) mass is 273 g/mol. The first-order valence-electron chi connectivity index (χ1n) is 8.18. The standard InChI is InChI=1S/C19H31N/c1-4-6-7-8-9-12-15-18-16-13-10-11-14-17(3)20-19(18)5-2/h4-8,15,17,20H,9-14,16H2,1-3H3/b6-4-,8-7-,18-15-,19-5+. The van der Waals surface area contributed by atoms with Gasteiger partial charge in [-0.2, -0.15) is 0 Å². The summed E-state index contributed by atoms with van der Waals surface area (Å²) in [6.07, 6.45) is 22.0. The molecular weight excluding hydrogens is 242 g/mol. The van der Waals surface area contributed by atoms with Crippen LogP contribution in [0.5, 0.6) is 0 Å². The van der Waals surface area contributed by atoms with Gasteiger partial charge in [-0.05, 0) is 58.4 Å². The topological polar surface area (TPSA) is 12.0 Å². The second kappa shape index (κ2) is 10.5. The van der Waals surface area contributed by atoms with E-state index < -0.39 is 0 Å². The van der Waals surface area contributed by atoms with E-state index in [2.05, 4.69) is 62.5 Å². The molecule has 0 aromatic carbocycles. The summed E-state index contributed by atoms with van der Waals surface area (Å²) in [4.78, 5) is 0. The Kier molecular flexibility index (Phi) is 8.86. The molecule has 1 atom stereocenters. The molecule has 1 N–H and O–H groups in total. The first kappa shape index (κ1) is 16.8. The number of hydrogen-bond acceptors (Lipinski definition) is 1. The zero-order valence-corrected chi connectivity index (χ0v) is 13.5. The summed E-state index contributed by atoms with van der Waals surface area (Å²) in [7, 11) is 0. The highest BCUT2D eigenvalue weighted by Gasteiger charge is 2.10. The summed E-state index contributed by atoms with van der Waals surface area (Å²) in [5, 5.41) is 3.68. The van der Waals surface area contributed by atoms with Gasteiger partial charge < -0.3 is 5.32 Å². The lowest BCUT2D eigenvalue weighted by Crippen LogP contribution is -2.25. The number of nitrogens with one attached hydrogen (secondary N) is 1. The maximum atomic E-state index is 3.68. The molecule has 0 aromatic heterocycles. The molecular formula is C19H31N. The predicted molar refractivity (Wildman–Crippen MR) is 90.7 cm³/mol. The van der Waals surface area contributed by atoms with Gasteiger partial charge in [0.05, 0.1) is 0 Å². The normalized spacial score (nSPS) is 25.9. The van der Waals surface area contributed by atoms with Crippen molar-refractivity contribution in [2.75, 3.05) is 0 Å². The molecule has 0 aromatic rings. The number of hydrogen-bond donors (Lipinski definition) is 1. The van der Waals surface area contributed by atoms with Crippen LogP contribution < -0.4 is 5.32 Å². The van der Waals surface area contributed by atoms with E-state index in [4.69, 9.17) is 0 Å². The van der Waals surface area contributed by atoms with E-state index in [9.17, 15) is 0 Å². The van der Waals surface area contributed by atoms with Gasteiger partial charge in [0, 0.05) is 11.7 Å². The van der Waals surface area contributed by atoms with Crippen LogP contribution in [0.2, 0.25) is 0 Å². The lowest BCUT2D eigenvalue weighted by atomic mass is 10.0. The first-order chi connectivity index (χ1) is 9.77. The highest BCUT2D eigenvalue weighted by Crippen LogP contribution is 2.21. The van der Waals surface area contributed by atoms with Gasteiger partial charge in [-0.15, -0.1) is 0 Å². The summed E-state index contributed by atoms with van der Waals surface area (Å²) in [6, 6.07) is 0.595. The Bertz CT molecular complexity index is 371. The van der Waals surface area contributed by atoms with E-state index in [1.54, 1.807) is 0 Å². The van der Waals surface area contributed by atoms with Gasteiger partial charge in [-0.25, -0.2) is 0 Å². The average Bonchev–Trinajstić information content (AvgIpc) is 2.53. The molecule has 0 bridgehead atoms. The Morgan fingerprint density at radius 1 is 1.10 bits per heavy atom. The van der Waals surface area contributed by atoms with Crippen LogP contribution in [0.15, 0.2) is 47.7 Å². The third-order valence-electron chi connectivity index (χ3n) is 3.78. The zero-order valence-electron chi connectivity index (χ0n) is 13.5. The molecule has 0 spiro atoms. The van der Waals surface area contributed by atoms with E-state index in [0.29, 0.717) is 6.04 Å². The second-order valence-electron chi connectivity index (χ2n) is 5.61. The van der Waals surface area contributed by atoms with Crippen LogP contribution in [0, 0.1) is 0 Å². The molecule has 0 saturated carbocycles. The van der Waals surface area contributed by atoms with Crippen LogP contribution in [-0.2, 0) is 0 Å². The van der Waals surface area contributed by atoms with Gasteiger partial charge in [0.1, 0.15) is 0 Å². The van der Waals surface area contributed by atoms with Crippen LogP contribution in [0.4, 0.5) is 0 Å². The lowest BCUT2D eigenvalue weighted by Gasteiger charge is -2.18. The summed E-state index contributed by atoms with van der Waals surface area (Å²) in [6.45, 7) is 6.49. The van der Waals surface area contributed by atoms with Crippen molar-refractivity contribution in [2.24, 2.45) is 0 Å².